The molecule has 0 aliphatic rings. The quantitative estimate of drug-likeness (QED) is 0.831. The third-order valence-corrected chi connectivity index (χ3v) is 3.58. The highest BCUT2D eigenvalue weighted by Crippen LogP contribution is 2.17. The van der Waals surface area contributed by atoms with Crippen molar-refractivity contribution in [3.8, 4) is 0 Å². The summed E-state index contributed by atoms with van der Waals surface area (Å²) in [6, 6.07) is 12.8. The number of hydrogen-bond acceptors (Lipinski definition) is 3. The van der Waals surface area contributed by atoms with E-state index >= 15 is 0 Å². The lowest BCUT2D eigenvalue weighted by molar-refractivity contribution is -0.116. The van der Waals surface area contributed by atoms with Crippen LogP contribution in [0.3, 0.4) is 0 Å². The molecule has 1 heterocycles. The van der Waals surface area contributed by atoms with E-state index in [1.165, 1.54) is 12.1 Å². The molecule has 0 bridgehead atoms. The predicted octanol–water partition coefficient (Wildman–Crippen LogP) is 2.78. The lowest BCUT2D eigenvalue weighted by Crippen LogP contribution is -2.20. The summed E-state index contributed by atoms with van der Waals surface area (Å²) in [5, 5.41) is 11.6. The maximum Gasteiger partial charge on any atom is 0.345 e. The fourth-order valence-electron chi connectivity index (χ4n) is 1.56. The van der Waals surface area contributed by atoms with Gasteiger partial charge in [0.15, 0.2) is 0 Å². The zero-order valence-electron chi connectivity index (χ0n) is 10.6. The summed E-state index contributed by atoms with van der Waals surface area (Å²) in [6.07, 6.45) is 3.01. The standard InChI is InChI=1S/C15H13NO3S/c17-14(16-10-11-4-2-1-3-5-11)9-7-12-6-8-13(20-12)15(18)19/h1-9H,10H2,(H,16,17)(H,18,19)/b9-7+. The van der Waals surface area contributed by atoms with Gasteiger partial charge in [-0.05, 0) is 23.8 Å². The molecule has 0 unspecified atom stereocenters. The van der Waals surface area contributed by atoms with Crippen LogP contribution in [-0.2, 0) is 11.3 Å². The zero-order valence-corrected chi connectivity index (χ0v) is 11.4. The van der Waals surface area contributed by atoms with Crippen molar-refractivity contribution in [1.82, 2.24) is 5.32 Å². The van der Waals surface area contributed by atoms with Crippen molar-refractivity contribution >= 4 is 29.3 Å². The molecule has 2 aromatic rings. The molecule has 0 spiro atoms. The average molecular weight is 287 g/mol. The lowest BCUT2D eigenvalue weighted by atomic mass is 10.2. The van der Waals surface area contributed by atoms with Gasteiger partial charge in [0.2, 0.25) is 5.91 Å². The van der Waals surface area contributed by atoms with Crippen molar-refractivity contribution in [1.29, 1.82) is 0 Å². The molecule has 102 valence electrons. The number of hydrogen-bond donors (Lipinski definition) is 2. The van der Waals surface area contributed by atoms with Gasteiger partial charge in [-0.3, -0.25) is 4.79 Å². The van der Waals surface area contributed by atoms with Crippen LogP contribution in [0.25, 0.3) is 6.08 Å². The highest BCUT2D eigenvalue weighted by atomic mass is 32.1. The number of carboxylic acids is 1. The zero-order chi connectivity index (χ0) is 14.4. The Morgan fingerprint density at radius 2 is 1.90 bits per heavy atom. The van der Waals surface area contributed by atoms with E-state index in [0.717, 1.165) is 21.8 Å². The molecule has 0 aliphatic carbocycles. The predicted molar refractivity (Wildman–Crippen MR) is 78.6 cm³/mol. The van der Waals surface area contributed by atoms with Gasteiger partial charge in [0, 0.05) is 17.5 Å². The molecule has 0 saturated heterocycles. The van der Waals surface area contributed by atoms with Gasteiger partial charge in [-0.15, -0.1) is 11.3 Å². The molecule has 0 atom stereocenters. The van der Waals surface area contributed by atoms with E-state index in [-0.39, 0.29) is 10.8 Å². The summed E-state index contributed by atoms with van der Waals surface area (Å²) in [5.41, 5.74) is 1.03. The normalized spacial score (nSPS) is 10.6. The van der Waals surface area contributed by atoms with Crippen molar-refractivity contribution in [2.24, 2.45) is 0 Å². The minimum absolute atomic E-state index is 0.209. The Hall–Kier alpha value is -2.40. The van der Waals surface area contributed by atoms with Crippen molar-refractivity contribution in [2.45, 2.75) is 6.54 Å². The molecule has 20 heavy (non-hydrogen) atoms. The molecule has 2 N–H and O–H groups in total. The van der Waals surface area contributed by atoms with Crippen LogP contribution in [0, 0.1) is 0 Å². The molecule has 5 heteroatoms. The van der Waals surface area contributed by atoms with Crippen LogP contribution in [0.15, 0.2) is 48.5 Å². The van der Waals surface area contributed by atoms with E-state index in [1.807, 2.05) is 30.3 Å². The Balaban J connectivity index is 1.87. The molecule has 1 aromatic carbocycles. The topological polar surface area (TPSA) is 66.4 Å². The third-order valence-electron chi connectivity index (χ3n) is 2.55. The second kappa shape index (κ2) is 6.68. The molecule has 4 nitrogen and oxygen atoms in total. The second-order valence-corrected chi connectivity index (χ2v) is 5.16. The number of carbonyl (C=O) groups is 2. The van der Waals surface area contributed by atoms with Crippen LogP contribution >= 0.6 is 11.3 Å². The Labute approximate surface area is 120 Å². The van der Waals surface area contributed by atoms with E-state index in [4.69, 9.17) is 5.11 Å². The summed E-state index contributed by atoms with van der Waals surface area (Å²) < 4.78 is 0. The number of rotatable bonds is 5. The maximum atomic E-state index is 11.6. The van der Waals surface area contributed by atoms with Crippen LogP contribution in [0.5, 0.6) is 0 Å². The second-order valence-electron chi connectivity index (χ2n) is 4.04. The van der Waals surface area contributed by atoms with Crippen molar-refractivity contribution in [2.75, 3.05) is 0 Å². The van der Waals surface area contributed by atoms with Gasteiger partial charge >= 0.3 is 5.97 Å². The van der Waals surface area contributed by atoms with Crippen LogP contribution < -0.4 is 5.32 Å². The van der Waals surface area contributed by atoms with E-state index in [0.29, 0.717) is 6.54 Å². The monoisotopic (exact) mass is 287 g/mol. The highest BCUT2D eigenvalue weighted by molar-refractivity contribution is 7.14. The molecular weight excluding hydrogens is 274 g/mol. The summed E-state index contributed by atoms with van der Waals surface area (Å²) in [7, 11) is 0. The first-order valence-electron chi connectivity index (χ1n) is 5.98. The molecule has 0 aliphatic heterocycles. The minimum Gasteiger partial charge on any atom is -0.477 e. The van der Waals surface area contributed by atoms with E-state index in [1.54, 1.807) is 12.1 Å². The van der Waals surface area contributed by atoms with Crippen LogP contribution in [0.2, 0.25) is 0 Å². The third kappa shape index (κ3) is 4.07. The molecular formula is C15H13NO3S. The number of carboxylic acid groups (broad SMARTS) is 1. The maximum absolute atomic E-state index is 11.6. The molecule has 0 saturated carbocycles. The van der Waals surface area contributed by atoms with Gasteiger partial charge in [-0.25, -0.2) is 4.79 Å². The fourth-order valence-corrected chi connectivity index (χ4v) is 2.31. The minimum atomic E-state index is -0.955. The van der Waals surface area contributed by atoms with Gasteiger partial charge < -0.3 is 10.4 Å². The first-order chi connectivity index (χ1) is 9.65. The van der Waals surface area contributed by atoms with Crippen molar-refractivity contribution in [3.05, 3.63) is 63.9 Å². The molecule has 1 aromatic heterocycles. The van der Waals surface area contributed by atoms with E-state index < -0.39 is 5.97 Å². The largest absolute Gasteiger partial charge is 0.477 e. The van der Waals surface area contributed by atoms with Crippen molar-refractivity contribution in [3.63, 3.8) is 0 Å². The first kappa shape index (κ1) is 14.0. The molecule has 1 amide bonds. The summed E-state index contributed by atoms with van der Waals surface area (Å²) in [4.78, 5) is 23.3. The number of carbonyl (C=O) groups excluding carboxylic acids is 1. The number of benzene rings is 1. The summed E-state index contributed by atoms with van der Waals surface area (Å²) >= 11 is 1.13. The molecule has 2 rings (SSSR count). The van der Waals surface area contributed by atoms with Crippen LogP contribution in [0.4, 0.5) is 0 Å². The number of amides is 1. The van der Waals surface area contributed by atoms with Crippen molar-refractivity contribution < 1.29 is 14.7 Å². The molecule has 0 fully saturated rings. The number of nitrogens with one attached hydrogen (secondary N) is 1. The fraction of sp³-hybridized carbons (Fsp3) is 0.0667. The van der Waals surface area contributed by atoms with Gasteiger partial charge in [0.25, 0.3) is 0 Å². The van der Waals surface area contributed by atoms with Crippen LogP contribution in [-0.4, -0.2) is 17.0 Å². The van der Waals surface area contributed by atoms with Crippen LogP contribution in [0.1, 0.15) is 20.1 Å². The Kier molecular flexibility index (Phi) is 4.68. The Morgan fingerprint density at radius 3 is 2.55 bits per heavy atom. The number of aromatic carboxylic acids is 1. The Bertz CT molecular complexity index is 632. The first-order valence-corrected chi connectivity index (χ1v) is 6.80. The van der Waals surface area contributed by atoms with Gasteiger partial charge in [-0.1, -0.05) is 30.3 Å². The molecule has 0 radical (unpaired) electrons. The lowest BCUT2D eigenvalue weighted by Gasteiger charge is -2.01. The average Bonchev–Trinajstić information content (AvgIpc) is 2.93. The Morgan fingerprint density at radius 1 is 1.15 bits per heavy atom. The van der Waals surface area contributed by atoms with E-state index in [2.05, 4.69) is 5.32 Å². The number of thiophene rings is 1. The smallest absolute Gasteiger partial charge is 0.345 e. The summed E-state index contributed by atoms with van der Waals surface area (Å²) in [5.74, 6) is -1.16. The van der Waals surface area contributed by atoms with Gasteiger partial charge in [0.05, 0.1) is 0 Å². The van der Waals surface area contributed by atoms with E-state index in [9.17, 15) is 9.59 Å². The highest BCUT2D eigenvalue weighted by Gasteiger charge is 2.05. The van der Waals surface area contributed by atoms with Gasteiger partial charge in [-0.2, -0.15) is 0 Å². The summed E-state index contributed by atoms with van der Waals surface area (Å²) in [6.45, 7) is 0.467. The SMILES string of the molecule is O=C(/C=C/c1ccc(C(=O)O)s1)NCc1ccccc1. The van der Waals surface area contributed by atoms with Gasteiger partial charge in [0.1, 0.15) is 4.88 Å².